The molecule has 33 heavy (non-hydrogen) atoms. The van der Waals surface area contributed by atoms with E-state index >= 15 is 0 Å². The largest absolute Gasteiger partial charge is 0.456 e. The molecule has 6 rings (SSSR count). The summed E-state index contributed by atoms with van der Waals surface area (Å²) in [5.74, 6) is -0.609. The van der Waals surface area contributed by atoms with Crippen molar-refractivity contribution in [3.63, 3.8) is 0 Å². The van der Waals surface area contributed by atoms with Crippen molar-refractivity contribution in [1.82, 2.24) is 15.7 Å². The maximum Gasteiger partial charge on any atom is 0.248 e. The number of amides is 2. The Kier molecular flexibility index (Phi) is 4.92. The Balaban J connectivity index is 1.16. The van der Waals surface area contributed by atoms with Crippen LogP contribution in [0.15, 0.2) is 46.9 Å². The average Bonchev–Trinajstić information content (AvgIpc) is 3.51. The highest BCUT2D eigenvalue weighted by Gasteiger charge is 2.52. The van der Waals surface area contributed by atoms with Crippen LogP contribution < -0.4 is 10.8 Å². The van der Waals surface area contributed by atoms with Gasteiger partial charge in [0.25, 0.3) is 0 Å². The quantitative estimate of drug-likeness (QED) is 0.422. The fourth-order valence-corrected chi connectivity index (χ4v) is 5.90. The van der Waals surface area contributed by atoms with Gasteiger partial charge < -0.3 is 14.6 Å². The smallest absolute Gasteiger partial charge is 0.248 e. The fraction of sp³-hybridized carbons (Fsp3) is 0.462. The van der Waals surface area contributed by atoms with Crippen LogP contribution in [-0.4, -0.2) is 47.6 Å². The molecule has 2 amide bonds. The number of benzene rings is 2. The summed E-state index contributed by atoms with van der Waals surface area (Å²) < 4.78 is 5.96. The first-order valence-corrected chi connectivity index (χ1v) is 11.9. The number of fused-ring (bicyclic) bond motifs is 3. The van der Waals surface area contributed by atoms with Crippen molar-refractivity contribution in [2.75, 3.05) is 19.6 Å². The minimum absolute atomic E-state index is 0.0196. The molecule has 7 heteroatoms. The molecule has 7 nitrogen and oxygen atoms in total. The van der Waals surface area contributed by atoms with Gasteiger partial charge in [-0.05, 0) is 67.2 Å². The van der Waals surface area contributed by atoms with Gasteiger partial charge in [-0.1, -0.05) is 24.3 Å². The summed E-state index contributed by atoms with van der Waals surface area (Å²) in [5, 5.41) is 14.8. The molecule has 3 fully saturated rings. The second-order valence-electron chi connectivity index (χ2n) is 10.1. The molecule has 1 saturated carbocycles. The number of nitrogens with one attached hydrogen (secondary N) is 2. The monoisotopic (exact) mass is 447 g/mol. The van der Waals surface area contributed by atoms with Gasteiger partial charge in [0.1, 0.15) is 11.2 Å². The van der Waals surface area contributed by atoms with Crippen LogP contribution in [0.4, 0.5) is 0 Å². The molecule has 2 saturated heterocycles. The van der Waals surface area contributed by atoms with E-state index in [1.807, 2.05) is 23.1 Å². The molecule has 2 unspecified atom stereocenters. The van der Waals surface area contributed by atoms with E-state index in [0.29, 0.717) is 25.4 Å². The predicted octanol–water partition coefficient (Wildman–Crippen LogP) is 3.56. The lowest BCUT2D eigenvalue weighted by Gasteiger charge is -2.40. The standard InChI is InChI=1S/C26H29N3O4/c30-24(28-32)20-14-26(9-10-26)15-27-23(20)25(31)29-11-7-16(8-12-29)17-5-6-22-19(13-17)18-3-1-2-4-21(18)33-22/h1-6,13,16,20,23,27,32H,7-12,14-15H2,(H,28,30). The fourth-order valence-electron chi connectivity index (χ4n) is 5.90. The van der Waals surface area contributed by atoms with Gasteiger partial charge in [0.15, 0.2) is 0 Å². The van der Waals surface area contributed by atoms with Crippen LogP contribution in [-0.2, 0) is 9.59 Å². The summed E-state index contributed by atoms with van der Waals surface area (Å²) in [5.41, 5.74) is 5.01. The van der Waals surface area contributed by atoms with Crippen molar-refractivity contribution in [3.05, 3.63) is 48.0 Å². The molecule has 1 aliphatic carbocycles. The molecule has 172 valence electrons. The van der Waals surface area contributed by atoms with Gasteiger partial charge >= 0.3 is 0 Å². The molecule has 0 bridgehead atoms. The van der Waals surface area contributed by atoms with Gasteiger partial charge in [-0.3, -0.25) is 14.8 Å². The first kappa shape index (κ1) is 20.7. The summed E-state index contributed by atoms with van der Waals surface area (Å²) in [4.78, 5) is 27.5. The van der Waals surface area contributed by atoms with E-state index in [9.17, 15) is 14.8 Å². The number of carbonyl (C=O) groups excluding carboxylic acids is 2. The Morgan fingerprint density at radius 2 is 1.82 bits per heavy atom. The summed E-state index contributed by atoms with van der Waals surface area (Å²) in [6.07, 6.45) is 4.61. The molecule has 2 aliphatic heterocycles. The number of para-hydroxylation sites is 1. The van der Waals surface area contributed by atoms with Gasteiger partial charge in [0.05, 0.1) is 12.0 Å². The Morgan fingerprint density at radius 3 is 2.58 bits per heavy atom. The number of nitrogens with zero attached hydrogens (tertiary/aromatic N) is 1. The number of rotatable bonds is 3. The summed E-state index contributed by atoms with van der Waals surface area (Å²) in [7, 11) is 0. The second kappa shape index (κ2) is 7.85. The normalized spacial score (nSPS) is 24.9. The Bertz CT molecular complexity index is 1220. The number of carbonyl (C=O) groups is 2. The third kappa shape index (κ3) is 3.60. The summed E-state index contributed by atoms with van der Waals surface area (Å²) in [6, 6.07) is 14.0. The maximum atomic E-state index is 13.3. The first-order chi connectivity index (χ1) is 16.1. The van der Waals surface area contributed by atoms with Crippen LogP contribution in [0.1, 0.15) is 43.6 Å². The van der Waals surface area contributed by atoms with E-state index in [-0.39, 0.29) is 11.3 Å². The number of hydrogen-bond donors (Lipinski definition) is 3. The SMILES string of the molecule is O=C(NO)C1CC2(CC2)CNC1C(=O)N1CCC(c2ccc3oc4ccccc4c3c2)CC1. The van der Waals surface area contributed by atoms with Gasteiger partial charge in [-0.25, -0.2) is 5.48 Å². The van der Waals surface area contributed by atoms with E-state index < -0.39 is 17.9 Å². The molecule has 3 N–H and O–H groups in total. The number of hydrogen-bond acceptors (Lipinski definition) is 5. The third-order valence-corrected chi connectivity index (χ3v) is 8.10. The zero-order valence-corrected chi connectivity index (χ0v) is 18.5. The average molecular weight is 448 g/mol. The lowest BCUT2D eigenvalue weighted by atomic mass is 9.81. The Morgan fingerprint density at radius 1 is 1.06 bits per heavy atom. The highest BCUT2D eigenvalue weighted by atomic mass is 16.5. The number of hydroxylamine groups is 1. The zero-order chi connectivity index (χ0) is 22.6. The first-order valence-electron chi connectivity index (χ1n) is 11.9. The van der Waals surface area contributed by atoms with Crippen molar-refractivity contribution >= 4 is 33.8 Å². The van der Waals surface area contributed by atoms with Crippen LogP contribution in [0.5, 0.6) is 0 Å². The van der Waals surface area contributed by atoms with Crippen LogP contribution in [0, 0.1) is 11.3 Å². The van der Waals surface area contributed by atoms with E-state index in [2.05, 4.69) is 29.6 Å². The third-order valence-electron chi connectivity index (χ3n) is 8.10. The summed E-state index contributed by atoms with van der Waals surface area (Å²) >= 11 is 0. The van der Waals surface area contributed by atoms with Crippen molar-refractivity contribution in [1.29, 1.82) is 0 Å². The topological polar surface area (TPSA) is 94.8 Å². The van der Waals surface area contributed by atoms with Crippen molar-refractivity contribution < 1.29 is 19.2 Å². The van der Waals surface area contributed by atoms with Crippen LogP contribution in [0.2, 0.25) is 0 Å². The molecule has 0 radical (unpaired) electrons. The molecule has 2 aromatic carbocycles. The molecule has 1 spiro atoms. The minimum Gasteiger partial charge on any atom is -0.456 e. The van der Waals surface area contributed by atoms with E-state index in [0.717, 1.165) is 54.2 Å². The molecule has 2 atom stereocenters. The highest BCUT2D eigenvalue weighted by Crippen LogP contribution is 2.52. The molecular weight excluding hydrogens is 418 g/mol. The molecule has 1 aromatic heterocycles. The maximum absolute atomic E-state index is 13.3. The van der Waals surface area contributed by atoms with Crippen LogP contribution >= 0.6 is 0 Å². The van der Waals surface area contributed by atoms with Gasteiger partial charge in [-0.2, -0.15) is 0 Å². The Hall–Kier alpha value is -2.90. The van der Waals surface area contributed by atoms with Crippen molar-refractivity contribution in [3.8, 4) is 0 Å². The predicted molar refractivity (Wildman–Crippen MR) is 124 cm³/mol. The number of furan rings is 1. The van der Waals surface area contributed by atoms with E-state index in [1.54, 1.807) is 5.48 Å². The van der Waals surface area contributed by atoms with Gasteiger partial charge in [0.2, 0.25) is 11.8 Å². The molecule has 3 heterocycles. The van der Waals surface area contributed by atoms with Gasteiger partial charge in [-0.15, -0.1) is 0 Å². The van der Waals surface area contributed by atoms with Crippen molar-refractivity contribution in [2.24, 2.45) is 11.3 Å². The molecule has 3 aliphatic rings. The Labute approximate surface area is 192 Å². The molecular formula is C26H29N3O4. The van der Waals surface area contributed by atoms with Crippen LogP contribution in [0.25, 0.3) is 21.9 Å². The number of piperidine rings is 2. The van der Waals surface area contributed by atoms with Crippen molar-refractivity contribution in [2.45, 2.75) is 44.1 Å². The van der Waals surface area contributed by atoms with E-state index in [1.165, 1.54) is 5.56 Å². The van der Waals surface area contributed by atoms with Gasteiger partial charge in [0, 0.05) is 30.4 Å². The minimum atomic E-state index is -0.562. The highest BCUT2D eigenvalue weighted by molar-refractivity contribution is 6.05. The lowest BCUT2D eigenvalue weighted by Crippen LogP contribution is -2.59. The van der Waals surface area contributed by atoms with Crippen LogP contribution in [0.3, 0.4) is 0 Å². The molecule has 3 aromatic rings. The lowest BCUT2D eigenvalue weighted by molar-refractivity contribution is -0.145. The number of likely N-dealkylation sites (tertiary alicyclic amines) is 1. The zero-order valence-electron chi connectivity index (χ0n) is 18.5. The summed E-state index contributed by atoms with van der Waals surface area (Å²) in [6.45, 7) is 2.11. The second-order valence-corrected chi connectivity index (χ2v) is 10.1. The van der Waals surface area contributed by atoms with E-state index in [4.69, 9.17) is 4.42 Å².